The minimum atomic E-state index is -0.782. The number of pyridine rings is 2. The van der Waals surface area contributed by atoms with Crippen LogP contribution in [-0.2, 0) is 0 Å². The van der Waals surface area contributed by atoms with Crippen molar-refractivity contribution in [2.45, 2.75) is 51.4 Å². The van der Waals surface area contributed by atoms with Gasteiger partial charge in [-0.2, -0.15) is 0 Å². The number of H-pyrrole nitrogens is 1. The summed E-state index contributed by atoms with van der Waals surface area (Å²) in [4.78, 5) is 31.3. The highest BCUT2D eigenvalue weighted by Crippen LogP contribution is 2.47. The Bertz CT molecular complexity index is 1180. The summed E-state index contributed by atoms with van der Waals surface area (Å²) in [6.45, 7) is 1.53. The van der Waals surface area contributed by atoms with Gasteiger partial charge in [-0.1, -0.05) is 25.0 Å². The Hall–Kier alpha value is -3.09. The summed E-state index contributed by atoms with van der Waals surface area (Å²) in [6, 6.07) is 7.50. The Kier molecular flexibility index (Phi) is 6.35. The standard InChI is InChI=1S/C18H21N3O2.C7H6F2/c19-18(23)17-16-13(6-7-20-17)21-14(9-15(16)22)12-3-1-2-11(8-12)10-4-5-10;1-5-3-2-4-6(8)7(5)9/h6-7,9-12H,1-5,8H2,(H2,19,23)(H,21,22);2-4H,1H3. The number of nitrogens with zero attached hydrogens (tertiary/aromatic N) is 1. The first-order valence-electron chi connectivity index (χ1n) is 11.1. The zero-order chi connectivity index (χ0) is 22.8. The van der Waals surface area contributed by atoms with Crippen molar-refractivity contribution >= 4 is 16.8 Å². The van der Waals surface area contributed by atoms with Gasteiger partial charge in [0.2, 0.25) is 0 Å². The number of carbonyl (C=O) groups excluding carboxylic acids is 1. The molecule has 2 unspecified atom stereocenters. The molecule has 0 saturated heterocycles. The minimum Gasteiger partial charge on any atom is -0.364 e. The largest absolute Gasteiger partial charge is 0.364 e. The van der Waals surface area contributed by atoms with Crippen LogP contribution in [0.2, 0.25) is 0 Å². The summed E-state index contributed by atoms with van der Waals surface area (Å²) in [6.07, 6.45) is 9.12. The summed E-state index contributed by atoms with van der Waals surface area (Å²) in [5, 5.41) is 0.304. The van der Waals surface area contributed by atoms with Crippen molar-refractivity contribution in [3.8, 4) is 0 Å². The molecule has 7 heteroatoms. The Labute approximate surface area is 185 Å². The second-order valence-corrected chi connectivity index (χ2v) is 8.87. The van der Waals surface area contributed by atoms with E-state index < -0.39 is 17.5 Å². The van der Waals surface area contributed by atoms with Crippen molar-refractivity contribution in [3.63, 3.8) is 0 Å². The summed E-state index contributed by atoms with van der Waals surface area (Å²) < 4.78 is 24.6. The van der Waals surface area contributed by atoms with Gasteiger partial charge in [-0.25, -0.2) is 8.78 Å². The number of nitrogens with one attached hydrogen (secondary N) is 1. The smallest absolute Gasteiger partial charge is 0.268 e. The van der Waals surface area contributed by atoms with E-state index in [1.54, 1.807) is 12.1 Å². The van der Waals surface area contributed by atoms with Gasteiger partial charge in [-0.05, 0) is 68.1 Å². The third kappa shape index (κ3) is 4.71. The number of hydrogen-bond acceptors (Lipinski definition) is 3. The van der Waals surface area contributed by atoms with E-state index in [1.165, 1.54) is 57.4 Å². The molecule has 5 nitrogen and oxygen atoms in total. The first kappa shape index (κ1) is 22.1. The van der Waals surface area contributed by atoms with Crippen LogP contribution in [0.25, 0.3) is 10.9 Å². The number of amides is 1. The zero-order valence-electron chi connectivity index (χ0n) is 18.0. The molecule has 0 spiro atoms. The molecular weight excluding hydrogens is 412 g/mol. The number of aromatic nitrogens is 2. The third-order valence-electron chi connectivity index (χ3n) is 6.58. The highest BCUT2D eigenvalue weighted by Gasteiger charge is 2.35. The van der Waals surface area contributed by atoms with Gasteiger partial charge < -0.3 is 10.7 Å². The van der Waals surface area contributed by atoms with Crippen LogP contribution in [0.1, 0.15) is 66.2 Å². The molecule has 2 fully saturated rings. The first-order chi connectivity index (χ1) is 15.3. The van der Waals surface area contributed by atoms with E-state index in [1.807, 2.05) is 0 Å². The molecule has 32 heavy (non-hydrogen) atoms. The summed E-state index contributed by atoms with van der Waals surface area (Å²) in [7, 11) is 0. The number of carbonyl (C=O) groups is 1. The SMILES string of the molecule is Cc1cccc(F)c1F.NC(=O)c1nccc2[nH]c(C3CCCC(C4CC4)C3)cc(=O)c12. The molecule has 2 aliphatic carbocycles. The van der Waals surface area contributed by atoms with Crippen LogP contribution >= 0.6 is 0 Å². The molecule has 2 atom stereocenters. The van der Waals surface area contributed by atoms with E-state index in [-0.39, 0.29) is 11.1 Å². The fraction of sp³-hybridized carbons (Fsp3) is 0.400. The molecule has 2 aromatic heterocycles. The molecule has 2 saturated carbocycles. The van der Waals surface area contributed by atoms with E-state index in [2.05, 4.69) is 9.97 Å². The highest BCUT2D eigenvalue weighted by atomic mass is 19.2. The van der Waals surface area contributed by atoms with E-state index in [9.17, 15) is 18.4 Å². The number of nitrogens with two attached hydrogens (primary N) is 1. The van der Waals surface area contributed by atoms with Gasteiger partial charge in [0, 0.05) is 18.0 Å². The number of primary amides is 1. The van der Waals surface area contributed by atoms with Gasteiger partial charge in [0.25, 0.3) is 5.91 Å². The number of aryl methyl sites for hydroxylation is 1. The topological polar surface area (TPSA) is 88.8 Å². The third-order valence-corrected chi connectivity index (χ3v) is 6.58. The Morgan fingerprint density at radius 2 is 1.91 bits per heavy atom. The fourth-order valence-electron chi connectivity index (χ4n) is 4.74. The van der Waals surface area contributed by atoms with E-state index >= 15 is 0 Å². The normalized spacial score (nSPS) is 20.5. The fourth-order valence-corrected chi connectivity index (χ4v) is 4.74. The van der Waals surface area contributed by atoms with Crippen LogP contribution in [0.15, 0.2) is 41.3 Å². The Morgan fingerprint density at radius 3 is 2.56 bits per heavy atom. The number of aromatic amines is 1. The highest BCUT2D eigenvalue weighted by molar-refractivity contribution is 6.03. The van der Waals surface area contributed by atoms with Gasteiger partial charge in [0.15, 0.2) is 17.1 Å². The summed E-state index contributed by atoms with van der Waals surface area (Å²) in [5.41, 5.74) is 7.22. The van der Waals surface area contributed by atoms with Crippen LogP contribution < -0.4 is 11.2 Å². The van der Waals surface area contributed by atoms with E-state index in [4.69, 9.17) is 5.73 Å². The molecule has 0 bridgehead atoms. The van der Waals surface area contributed by atoms with Crippen LogP contribution in [0, 0.1) is 30.4 Å². The molecule has 3 aromatic rings. The van der Waals surface area contributed by atoms with Crippen molar-refractivity contribution in [1.82, 2.24) is 9.97 Å². The van der Waals surface area contributed by atoms with Crippen molar-refractivity contribution in [2.75, 3.05) is 0 Å². The average molecular weight is 440 g/mol. The number of fused-ring (bicyclic) bond motifs is 1. The van der Waals surface area contributed by atoms with Crippen LogP contribution in [0.4, 0.5) is 8.78 Å². The lowest BCUT2D eigenvalue weighted by Crippen LogP contribution is -2.20. The monoisotopic (exact) mass is 439 g/mol. The number of benzene rings is 1. The van der Waals surface area contributed by atoms with Crippen LogP contribution in [-0.4, -0.2) is 15.9 Å². The molecule has 5 rings (SSSR count). The van der Waals surface area contributed by atoms with Crippen molar-refractivity contribution in [3.05, 3.63) is 75.3 Å². The molecule has 3 N–H and O–H groups in total. The maximum Gasteiger partial charge on any atom is 0.268 e. The Morgan fingerprint density at radius 1 is 1.12 bits per heavy atom. The molecule has 168 valence electrons. The van der Waals surface area contributed by atoms with E-state index in [0.29, 0.717) is 22.4 Å². The molecule has 0 radical (unpaired) electrons. The molecule has 0 aliphatic heterocycles. The second kappa shape index (κ2) is 9.18. The lowest BCUT2D eigenvalue weighted by Gasteiger charge is -2.29. The van der Waals surface area contributed by atoms with Gasteiger partial charge in [-0.15, -0.1) is 0 Å². The predicted octanol–water partition coefficient (Wildman–Crippen LogP) is 4.98. The van der Waals surface area contributed by atoms with Crippen LogP contribution in [0.5, 0.6) is 0 Å². The predicted molar refractivity (Wildman–Crippen MR) is 119 cm³/mol. The molecule has 1 aromatic carbocycles. The molecule has 1 amide bonds. The quantitative estimate of drug-likeness (QED) is 0.603. The first-order valence-corrected chi connectivity index (χ1v) is 11.1. The van der Waals surface area contributed by atoms with Gasteiger partial charge in [-0.3, -0.25) is 14.6 Å². The number of halogens is 2. The molecule has 2 aliphatic rings. The van der Waals surface area contributed by atoms with Crippen molar-refractivity contribution in [2.24, 2.45) is 17.6 Å². The maximum atomic E-state index is 12.5. The van der Waals surface area contributed by atoms with Crippen molar-refractivity contribution in [1.29, 1.82) is 0 Å². The lowest BCUT2D eigenvalue weighted by molar-refractivity contribution is 0.0997. The molecular formula is C25H27F2N3O2. The number of hydrogen-bond donors (Lipinski definition) is 2. The maximum absolute atomic E-state index is 12.5. The van der Waals surface area contributed by atoms with E-state index in [0.717, 1.165) is 30.0 Å². The van der Waals surface area contributed by atoms with Gasteiger partial charge in [0.1, 0.15) is 5.69 Å². The lowest BCUT2D eigenvalue weighted by atomic mass is 9.77. The summed E-state index contributed by atoms with van der Waals surface area (Å²) >= 11 is 0. The molecule has 2 heterocycles. The Balaban J connectivity index is 0.000000230. The number of rotatable bonds is 3. The second-order valence-electron chi connectivity index (χ2n) is 8.87. The zero-order valence-corrected chi connectivity index (χ0v) is 18.0. The average Bonchev–Trinajstić information content (AvgIpc) is 3.63. The van der Waals surface area contributed by atoms with Gasteiger partial charge in [0.05, 0.1) is 10.9 Å². The van der Waals surface area contributed by atoms with Crippen LogP contribution in [0.3, 0.4) is 0 Å². The van der Waals surface area contributed by atoms with Gasteiger partial charge >= 0.3 is 0 Å². The van der Waals surface area contributed by atoms with Crippen molar-refractivity contribution < 1.29 is 13.6 Å². The summed E-state index contributed by atoms with van der Waals surface area (Å²) in [5.74, 6) is -0.0633. The minimum absolute atomic E-state index is 0.0507.